The summed E-state index contributed by atoms with van der Waals surface area (Å²) >= 11 is 7.79. The molecule has 1 aromatic carbocycles. The Labute approximate surface area is 129 Å². The molecule has 1 heterocycles. The van der Waals surface area contributed by atoms with Crippen LogP contribution < -0.4 is 4.74 Å². The van der Waals surface area contributed by atoms with Gasteiger partial charge >= 0.3 is 0 Å². The number of ether oxygens (including phenoxy) is 1. The molecule has 0 fully saturated rings. The first-order valence-electron chi connectivity index (χ1n) is 6.77. The highest BCUT2D eigenvalue weighted by molar-refractivity contribution is 7.98. The molecule has 0 spiro atoms. The van der Waals surface area contributed by atoms with Crippen LogP contribution in [-0.2, 0) is 13.0 Å². The van der Waals surface area contributed by atoms with Gasteiger partial charge in [-0.05, 0) is 30.1 Å². The zero-order valence-corrected chi connectivity index (χ0v) is 13.8. The summed E-state index contributed by atoms with van der Waals surface area (Å²) in [5, 5.41) is 0. The van der Waals surface area contributed by atoms with Gasteiger partial charge in [-0.2, -0.15) is 11.8 Å². The molecule has 5 heteroatoms. The van der Waals surface area contributed by atoms with Crippen molar-refractivity contribution in [1.82, 2.24) is 9.55 Å². The highest BCUT2D eigenvalue weighted by atomic mass is 35.5. The van der Waals surface area contributed by atoms with Gasteiger partial charge in [0.15, 0.2) is 0 Å². The number of aromatic nitrogens is 2. The first-order chi connectivity index (χ1) is 9.69. The van der Waals surface area contributed by atoms with Gasteiger partial charge in [0.05, 0.1) is 18.1 Å². The summed E-state index contributed by atoms with van der Waals surface area (Å²) < 4.78 is 7.62. The van der Waals surface area contributed by atoms with E-state index >= 15 is 0 Å². The number of imidazole rings is 1. The molecule has 0 radical (unpaired) electrons. The Balaban J connectivity index is 2.42. The van der Waals surface area contributed by atoms with Gasteiger partial charge in [0, 0.05) is 24.9 Å². The molecule has 2 rings (SSSR count). The van der Waals surface area contributed by atoms with Crippen molar-refractivity contribution in [3.05, 3.63) is 24.0 Å². The Morgan fingerprint density at radius 2 is 2.25 bits per heavy atom. The SMILES string of the molecule is COc1ccc2nc(CCCl)n(CC(C)CSC)c2c1. The molecule has 0 saturated heterocycles. The van der Waals surface area contributed by atoms with Crippen LogP contribution in [0.4, 0.5) is 0 Å². The van der Waals surface area contributed by atoms with Crippen LogP contribution in [0.1, 0.15) is 12.7 Å². The number of hydrogen-bond donors (Lipinski definition) is 0. The molecular formula is C15H21ClN2OS. The minimum absolute atomic E-state index is 0.595. The van der Waals surface area contributed by atoms with E-state index in [9.17, 15) is 0 Å². The maximum absolute atomic E-state index is 5.91. The second kappa shape index (κ2) is 7.23. The molecule has 3 nitrogen and oxygen atoms in total. The maximum Gasteiger partial charge on any atom is 0.121 e. The molecule has 0 bridgehead atoms. The van der Waals surface area contributed by atoms with Crippen molar-refractivity contribution in [3.63, 3.8) is 0 Å². The third-order valence-corrected chi connectivity index (χ3v) is 4.39. The number of aryl methyl sites for hydroxylation is 1. The quantitative estimate of drug-likeness (QED) is 0.727. The van der Waals surface area contributed by atoms with Crippen LogP contribution in [0.3, 0.4) is 0 Å². The molecule has 1 aromatic heterocycles. The Morgan fingerprint density at radius 1 is 1.45 bits per heavy atom. The van der Waals surface area contributed by atoms with E-state index in [0.29, 0.717) is 11.8 Å². The molecule has 110 valence electrons. The lowest BCUT2D eigenvalue weighted by atomic mass is 10.2. The number of hydrogen-bond acceptors (Lipinski definition) is 3. The molecule has 20 heavy (non-hydrogen) atoms. The molecule has 0 aliphatic carbocycles. The van der Waals surface area contributed by atoms with Gasteiger partial charge in [-0.15, -0.1) is 11.6 Å². The van der Waals surface area contributed by atoms with E-state index in [4.69, 9.17) is 21.3 Å². The first kappa shape index (κ1) is 15.5. The predicted molar refractivity (Wildman–Crippen MR) is 88.3 cm³/mol. The number of halogens is 1. The molecule has 0 aliphatic heterocycles. The van der Waals surface area contributed by atoms with Crippen LogP contribution in [0.15, 0.2) is 18.2 Å². The number of rotatable bonds is 7. The van der Waals surface area contributed by atoms with Crippen molar-refractivity contribution in [2.75, 3.05) is 25.0 Å². The highest BCUT2D eigenvalue weighted by Gasteiger charge is 2.13. The van der Waals surface area contributed by atoms with E-state index in [1.54, 1.807) is 7.11 Å². The van der Waals surface area contributed by atoms with E-state index in [-0.39, 0.29) is 0 Å². The number of alkyl halides is 1. The molecule has 0 aliphatic rings. The minimum Gasteiger partial charge on any atom is -0.497 e. The lowest BCUT2D eigenvalue weighted by molar-refractivity contribution is 0.415. The fraction of sp³-hybridized carbons (Fsp3) is 0.533. The van der Waals surface area contributed by atoms with Crippen molar-refractivity contribution < 1.29 is 4.74 Å². The third-order valence-electron chi connectivity index (χ3n) is 3.30. The van der Waals surface area contributed by atoms with Gasteiger partial charge in [-0.1, -0.05) is 6.92 Å². The first-order valence-corrected chi connectivity index (χ1v) is 8.70. The Morgan fingerprint density at radius 3 is 2.90 bits per heavy atom. The molecule has 1 unspecified atom stereocenters. The molecule has 0 amide bonds. The van der Waals surface area contributed by atoms with E-state index in [1.165, 1.54) is 0 Å². The topological polar surface area (TPSA) is 27.1 Å². The summed E-state index contributed by atoms with van der Waals surface area (Å²) in [5.41, 5.74) is 2.15. The summed E-state index contributed by atoms with van der Waals surface area (Å²) in [6.45, 7) is 3.24. The fourth-order valence-electron chi connectivity index (χ4n) is 2.41. The molecule has 0 saturated carbocycles. The van der Waals surface area contributed by atoms with Crippen molar-refractivity contribution in [2.45, 2.75) is 19.9 Å². The van der Waals surface area contributed by atoms with Gasteiger partial charge in [0.25, 0.3) is 0 Å². The smallest absolute Gasteiger partial charge is 0.121 e. The van der Waals surface area contributed by atoms with Gasteiger partial charge < -0.3 is 9.30 Å². The molecule has 1 atom stereocenters. The van der Waals surface area contributed by atoms with E-state index in [2.05, 4.69) is 23.8 Å². The summed E-state index contributed by atoms with van der Waals surface area (Å²) in [7, 11) is 1.69. The number of fused-ring (bicyclic) bond motifs is 1. The fourth-order valence-corrected chi connectivity index (χ4v) is 3.25. The monoisotopic (exact) mass is 312 g/mol. The van der Waals surface area contributed by atoms with Crippen LogP contribution in [0.25, 0.3) is 11.0 Å². The number of nitrogens with zero attached hydrogens (tertiary/aromatic N) is 2. The number of benzene rings is 1. The summed E-state index contributed by atoms with van der Waals surface area (Å²) in [4.78, 5) is 4.71. The van der Waals surface area contributed by atoms with Crippen molar-refractivity contribution >= 4 is 34.4 Å². The Bertz CT molecular complexity index is 570. The third kappa shape index (κ3) is 3.41. The van der Waals surface area contributed by atoms with E-state index in [1.807, 2.05) is 23.9 Å². The summed E-state index contributed by atoms with van der Waals surface area (Å²) in [6.07, 6.45) is 2.94. The Hall–Kier alpha value is -0.870. The minimum atomic E-state index is 0.595. The second-order valence-corrected chi connectivity index (χ2v) is 6.28. The summed E-state index contributed by atoms with van der Waals surface area (Å²) in [5.74, 6) is 4.27. The van der Waals surface area contributed by atoms with Crippen LogP contribution in [0, 0.1) is 5.92 Å². The van der Waals surface area contributed by atoms with Crippen LogP contribution in [0.5, 0.6) is 5.75 Å². The average Bonchev–Trinajstić information content (AvgIpc) is 2.77. The molecular weight excluding hydrogens is 292 g/mol. The van der Waals surface area contributed by atoms with Crippen molar-refractivity contribution in [2.24, 2.45) is 5.92 Å². The second-order valence-electron chi connectivity index (χ2n) is 4.99. The van der Waals surface area contributed by atoms with Crippen molar-refractivity contribution in [3.8, 4) is 5.75 Å². The van der Waals surface area contributed by atoms with Gasteiger partial charge in [-0.3, -0.25) is 0 Å². The lowest BCUT2D eigenvalue weighted by Crippen LogP contribution is -2.13. The maximum atomic E-state index is 5.91. The van der Waals surface area contributed by atoms with Gasteiger partial charge in [-0.25, -0.2) is 4.98 Å². The van der Waals surface area contributed by atoms with Crippen LogP contribution >= 0.6 is 23.4 Å². The van der Waals surface area contributed by atoms with E-state index < -0.39 is 0 Å². The Kier molecular flexibility index (Phi) is 5.61. The van der Waals surface area contributed by atoms with Crippen molar-refractivity contribution in [1.29, 1.82) is 0 Å². The van der Waals surface area contributed by atoms with Crippen LogP contribution in [-0.4, -0.2) is 34.5 Å². The van der Waals surface area contributed by atoms with Crippen LogP contribution in [0.2, 0.25) is 0 Å². The van der Waals surface area contributed by atoms with E-state index in [0.717, 1.165) is 41.3 Å². The zero-order chi connectivity index (χ0) is 14.5. The number of thioether (sulfide) groups is 1. The van der Waals surface area contributed by atoms with Gasteiger partial charge in [0.1, 0.15) is 11.6 Å². The highest BCUT2D eigenvalue weighted by Crippen LogP contribution is 2.24. The average molecular weight is 313 g/mol. The molecule has 2 aromatic rings. The number of methoxy groups -OCH3 is 1. The lowest BCUT2D eigenvalue weighted by Gasteiger charge is -2.14. The summed E-state index contributed by atoms with van der Waals surface area (Å²) in [6, 6.07) is 6.03. The predicted octanol–water partition coefficient (Wildman–Crippen LogP) is 3.83. The molecule has 0 N–H and O–H groups in total. The van der Waals surface area contributed by atoms with Gasteiger partial charge in [0.2, 0.25) is 0 Å². The zero-order valence-electron chi connectivity index (χ0n) is 12.2. The normalized spacial score (nSPS) is 12.8. The standard InChI is InChI=1S/C15H21ClN2OS/c1-11(10-20-3)9-18-14-8-12(19-2)4-5-13(14)17-15(18)6-7-16/h4-5,8,11H,6-7,9-10H2,1-3H3. The largest absolute Gasteiger partial charge is 0.497 e.